The van der Waals surface area contributed by atoms with Crippen LogP contribution in [0.4, 0.5) is 24.7 Å². The van der Waals surface area contributed by atoms with E-state index in [2.05, 4.69) is 10.3 Å². The summed E-state index contributed by atoms with van der Waals surface area (Å²) in [5.74, 6) is 0.314. The predicted molar refractivity (Wildman–Crippen MR) is 67.4 cm³/mol. The third-order valence-corrected chi connectivity index (χ3v) is 2.59. The second-order valence-corrected chi connectivity index (χ2v) is 3.98. The summed E-state index contributed by atoms with van der Waals surface area (Å²) in [4.78, 5) is 3.81. The summed E-state index contributed by atoms with van der Waals surface area (Å²) >= 11 is 0. The van der Waals surface area contributed by atoms with Gasteiger partial charge in [-0.05, 0) is 17.7 Å². The van der Waals surface area contributed by atoms with Crippen LogP contribution in [0.15, 0.2) is 42.6 Å². The van der Waals surface area contributed by atoms with Gasteiger partial charge in [0.15, 0.2) is 0 Å². The molecule has 3 N–H and O–H groups in total. The predicted octanol–water partition coefficient (Wildman–Crippen LogP) is 3.29. The molecule has 6 heteroatoms. The number of hydrogen-bond donors (Lipinski definition) is 2. The molecule has 0 bridgehead atoms. The molecule has 100 valence electrons. The van der Waals surface area contributed by atoms with Crippen molar-refractivity contribution < 1.29 is 13.2 Å². The normalized spacial score (nSPS) is 11.3. The van der Waals surface area contributed by atoms with Crippen LogP contribution in [0.2, 0.25) is 0 Å². The van der Waals surface area contributed by atoms with Crippen LogP contribution in [0.1, 0.15) is 11.1 Å². The molecule has 2 aromatic rings. The third-order valence-electron chi connectivity index (χ3n) is 2.59. The van der Waals surface area contributed by atoms with Crippen LogP contribution in [0, 0.1) is 0 Å². The van der Waals surface area contributed by atoms with Gasteiger partial charge >= 0.3 is 6.18 Å². The molecule has 1 aromatic carbocycles. The van der Waals surface area contributed by atoms with Gasteiger partial charge in [0.25, 0.3) is 0 Å². The number of halogens is 3. The van der Waals surface area contributed by atoms with Crippen molar-refractivity contribution in [2.45, 2.75) is 12.7 Å². The lowest BCUT2D eigenvalue weighted by molar-refractivity contribution is -0.138. The molecule has 0 radical (unpaired) electrons. The Balaban J connectivity index is 2.16. The number of alkyl halides is 3. The monoisotopic (exact) mass is 267 g/mol. The molecular formula is C13H12F3N3. The topological polar surface area (TPSA) is 50.9 Å². The minimum atomic E-state index is -4.35. The minimum absolute atomic E-state index is 0.0686. The van der Waals surface area contributed by atoms with Crippen LogP contribution in [0.5, 0.6) is 0 Å². The van der Waals surface area contributed by atoms with Crippen molar-refractivity contribution in [3.63, 3.8) is 0 Å². The zero-order chi connectivity index (χ0) is 13.9. The maximum Gasteiger partial charge on any atom is 0.416 e. The van der Waals surface area contributed by atoms with Crippen LogP contribution in [0.25, 0.3) is 0 Å². The maximum atomic E-state index is 12.8. The Morgan fingerprint density at radius 1 is 1.16 bits per heavy atom. The molecular weight excluding hydrogens is 255 g/mol. The first-order valence-electron chi connectivity index (χ1n) is 5.57. The van der Waals surface area contributed by atoms with E-state index in [-0.39, 0.29) is 12.1 Å². The summed E-state index contributed by atoms with van der Waals surface area (Å²) in [7, 11) is 0. The molecule has 1 aromatic heterocycles. The molecule has 0 aliphatic carbocycles. The van der Waals surface area contributed by atoms with Gasteiger partial charge in [0, 0.05) is 24.5 Å². The Labute approximate surface area is 108 Å². The highest BCUT2D eigenvalue weighted by atomic mass is 19.4. The Morgan fingerprint density at radius 2 is 1.89 bits per heavy atom. The van der Waals surface area contributed by atoms with Crippen LogP contribution in [0.3, 0.4) is 0 Å². The molecule has 0 aliphatic rings. The highest BCUT2D eigenvalue weighted by Gasteiger charge is 2.32. The zero-order valence-electron chi connectivity index (χ0n) is 9.91. The van der Waals surface area contributed by atoms with E-state index in [1.807, 2.05) is 0 Å². The van der Waals surface area contributed by atoms with Gasteiger partial charge in [0.1, 0.15) is 5.82 Å². The average Bonchev–Trinajstić information content (AvgIpc) is 2.36. The lowest BCUT2D eigenvalue weighted by atomic mass is 10.1. The molecule has 19 heavy (non-hydrogen) atoms. The van der Waals surface area contributed by atoms with Gasteiger partial charge in [0.05, 0.1) is 5.56 Å². The smallest absolute Gasteiger partial charge is 0.384 e. The number of anilines is 2. The molecule has 1 heterocycles. The molecule has 3 nitrogen and oxygen atoms in total. The number of hydrogen-bond acceptors (Lipinski definition) is 3. The van der Waals surface area contributed by atoms with Crippen molar-refractivity contribution in [2.24, 2.45) is 0 Å². The van der Waals surface area contributed by atoms with E-state index in [9.17, 15) is 13.2 Å². The summed E-state index contributed by atoms with van der Waals surface area (Å²) in [6.07, 6.45) is -2.86. The van der Waals surface area contributed by atoms with E-state index in [1.165, 1.54) is 18.3 Å². The second kappa shape index (κ2) is 5.17. The highest BCUT2D eigenvalue weighted by Crippen LogP contribution is 2.32. The molecule has 0 saturated heterocycles. The van der Waals surface area contributed by atoms with Crippen LogP contribution >= 0.6 is 0 Å². The fourth-order valence-electron chi connectivity index (χ4n) is 1.71. The highest BCUT2D eigenvalue weighted by molar-refractivity contribution is 5.50. The van der Waals surface area contributed by atoms with Gasteiger partial charge in [-0.2, -0.15) is 13.2 Å². The van der Waals surface area contributed by atoms with E-state index in [0.717, 1.165) is 6.07 Å². The Morgan fingerprint density at radius 3 is 2.58 bits per heavy atom. The first kappa shape index (κ1) is 13.2. The van der Waals surface area contributed by atoms with Crippen molar-refractivity contribution in [3.05, 3.63) is 53.7 Å². The van der Waals surface area contributed by atoms with Gasteiger partial charge in [-0.15, -0.1) is 0 Å². The third kappa shape index (κ3) is 3.37. The summed E-state index contributed by atoms with van der Waals surface area (Å²) in [6.45, 7) is 0.0686. The Kier molecular flexibility index (Phi) is 3.59. The van der Waals surface area contributed by atoms with Gasteiger partial charge in [-0.25, -0.2) is 4.98 Å². The Bertz CT molecular complexity index is 567. The summed E-state index contributed by atoms with van der Waals surface area (Å²) in [5, 5.41) is 2.89. The van der Waals surface area contributed by atoms with Crippen LogP contribution < -0.4 is 11.1 Å². The number of benzene rings is 1. The summed E-state index contributed by atoms with van der Waals surface area (Å²) in [5.41, 5.74) is 5.68. The van der Waals surface area contributed by atoms with E-state index >= 15 is 0 Å². The second-order valence-electron chi connectivity index (χ2n) is 3.98. The number of nitrogens with two attached hydrogens (primary N) is 1. The molecule has 0 fully saturated rings. The number of aromatic nitrogens is 1. The molecule has 0 atom stereocenters. The van der Waals surface area contributed by atoms with E-state index < -0.39 is 11.7 Å². The number of pyridine rings is 1. The van der Waals surface area contributed by atoms with Gasteiger partial charge in [-0.1, -0.05) is 18.2 Å². The van der Waals surface area contributed by atoms with Crippen molar-refractivity contribution in [1.82, 2.24) is 4.98 Å². The van der Waals surface area contributed by atoms with Gasteiger partial charge in [-0.3, -0.25) is 0 Å². The lowest BCUT2D eigenvalue weighted by Gasteiger charge is -2.13. The number of nitrogen functional groups attached to an aromatic ring is 1. The molecule has 0 amide bonds. The fraction of sp³-hybridized carbons (Fsp3) is 0.154. The average molecular weight is 267 g/mol. The summed E-state index contributed by atoms with van der Waals surface area (Å²) in [6, 6.07) is 8.67. The van der Waals surface area contributed by atoms with E-state index in [4.69, 9.17) is 5.73 Å². The first-order valence-corrected chi connectivity index (χ1v) is 5.57. The molecule has 0 aliphatic heterocycles. The number of nitrogens with zero attached hydrogens (tertiary/aromatic N) is 1. The largest absolute Gasteiger partial charge is 0.416 e. The minimum Gasteiger partial charge on any atom is -0.384 e. The van der Waals surface area contributed by atoms with Gasteiger partial charge in [0.2, 0.25) is 0 Å². The number of rotatable bonds is 3. The SMILES string of the molecule is Nc1cc(NCc2ccccc2C(F)(F)F)ccn1. The molecule has 0 unspecified atom stereocenters. The molecule has 0 saturated carbocycles. The van der Waals surface area contributed by atoms with E-state index in [0.29, 0.717) is 11.5 Å². The standard InChI is InChI=1S/C13H12F3N3/c14-13(15,16)11-4-2-1-3-9(11)8-19-10-5-6-18-12(17)7-10/h1-7H,8H2,(H3,17,18,19). The van der Waals surface area contributed by atoms with Crippen molar-refractivity contribution >= 4 is 11.5 Å². The van der Waals surface area contributed by atoms with Crippen molar-refractivity contribution in [1.29, 1.82) is 0 Å². The lowest BCUT2D eigenvalue weighted by Crippen LogP contribution is -2.11. The Hall–Kier alpha value is -2.24. The fourth-order valence-corrected chi connectivity index (χ4v) is 1.71. The van der Waals surface area contributed by atoms with Crippen molar-refractivity contribution in [2.75, 3.05) is 11.1 Å². The molecule has 2 rings (SSSR count). The first-order chi connectivity index (χ1) is 8.97. The van der Waals surface area contributed by atoms with Crippen molar-refractivity contribution in [3.8, 4) is 0 Å². The number of nitrogens with one attached hydrogen (secondary N) is 1. The van der Waals surface area contributed by atoms with Crippen LogP contribution in [-0.4, -0.2) is 4.98 Å². The quantitative estimate of drug-likeness (QED) is 0.897. The van der Waals surface area contributed by atoms with E-state index in [1.54, 1.807) is 18.2 Å². The summed E-state index contributed by atoms with van der Waals surface area (Å²) < 4.78 is 38.3. The van der Waals surface area contributed by atoms with Gasteiger partial charge < -0.3 is 11.1 Å². The zero-order valence-corrected chi connectivity index (χ0v) is 9.91. The maximum absolute atomic E-state index is 12.8. The molecule has 0 spiro atoms. The van der Waals surface area contributed by atoms with Crippen LogP contribution in [-0.2, 0) is 12.7 Å².